The molecule has 1 saturated heterocycles. The van der Waals surface area contributed by atoms with E-state index in [9.17, 15) is 4.79 Å². The lowest BCUT2D eigenvalue weighted by Gasteiger charge is -2.23. The average molecular weight is 374 g/mol. The van der Waals surface area contributed by atoms with Crippen LogP contribution in [0, 0.1) is 6.92 Å². The summed E-state index contributed by atoms with van der Waals surface area (Å²) in [5.41, 5.74) is 4.67. The van der Waals surface area contributed by atoms with E-state index in [1.54, 1.807) is 0 Å². The van der Waals surface area contributed by atoms with E-state index in [0.29, 0.717) is 12.1 Å². The van der Waals surface area contributed by atoms with E-state index in [2.05, 4.69) is 41.8 Å². The number of piperidine rings is 1. The zero-order valence-corrected chi connectivity index (χ0v) is 16.2. The van der Waals surface area contributed by atoms with Gasteiger partial charge in [0.15, 0.2) is 0 Å². The van der Waals surface area contributed by atoms with Crippen molar-refractivity contribution in [3.05, 3.63) is 77.5 Å². The van der Waals surface area contributed by atoms with Crippen LogP contribution in [0.25, 0.3) is 11.3 Å². The Hall–Kier alpha value is -2.92. The van der Waals surface area contributed by atoms with Gasteiger partial charge in [0.1, 0.15) is 5.69 Å². The minimum Gasteiger partial charge on any atom is -0.348 e. The van der Waals surface area contributed by atoms with E-state index in [1.807, 2.05) is 41.2 Å². The molecule has 0 spiro atoms. The monoisotopic (exact) mass is 374 g/mol. The normalized spacial score (nSPS) is 16.7. The summed E-state index contributed by atoms with van der Waals surface area (Å²) in [5, 5.41) is 11.3. The Kier molecular flexibility index (Phi) is 5.53. The summed E-state index contributed by atoms with van der Waals surface area (Å²) < 4.78 is 1.86. The third kappa shape index (κ3) is 4.31. The molecule has 1 atom stereocenters. The van der Waals surface area contributed by atoms with Gasteiger partial charge in [-0.1, -0.05) is 60.2 Å². The quantitative estimate of drug-likeness (QED) is 0.720. The molecule has 4 rings (SSSR count). The van der Waals surface area contributed by atoms with Crippen LogP contribution in [-0.2, 0) is 6.54 Å². The summed E-state index contributed by atoms with van der Waals surface area (Å²) in [6.45, 7) is 4.54. The van der Waals surface area contributed by atoms with Crippen molar-refractivity contribution in [2.75, 3.05) is 13.1 Å². The van der Waals surface area contributed by atoms with Crippen molar-refractivity contribution >= 4 is 5.91 Å². The molecule has 1 aliphatic rings. The van der Waals surface area contributed by atoms with Gasteiger partial charge in [0.05, 0.1) is 12.1 Å². The molecule has 0 radical (unpaired) electrons. The summed E-state index contributed by atoms with van der Waals surface area (Å²) in [4.78, 5) is 13.0. The fraction of sp³-hybridized carbons (Fsp3) is 0.304. The molecule has 0 aliphatic carbocycles. The van der Waals surface area contributed by atoms with Crippen LogP contribution in [0.5, 0.6) is 0 Å². The van der Waals surface area contributed by atoms with Crippen molar-refractivity contribution < 1.29 is 4.79 Å². The highest BCUT2D eigenvalue weighted by Crippen LogP contribution is 2.23. The van der Waals surface area contributed by atoms with Crippen LogP contribution in [0.3, 0.4) is 0 Å². The second kappa shape index (κ2) is 8.40. The van der Waals surface area contributed by atoms with Gasteiger partial charge in [0, 0.05) is 24.3 Å². The van der Waals surface area contributed by atoms with Gasteiger partial charge in [0.2, 0.25) is 0 Å². The molecule has 1 aromatic heterocycles. The average Bonchev–Trinajstić information content (AvgIpc) is 3.14. The minimum absolute atomic E-state index is 0.0522. The molecule has 3 aromatic rings. The number of rotatable bonds is 5. The Morgan fingerprint density at radius 2 is 1.96 bits per heavy atom. The highest BCUT2D eigenvalue weighted by atomic mass is 16.1. The number of carbonyl (C=O) groups is 1. The standard InChI is InChI=1S/C23H26N4O/c1-17-9-11-19(12-10-17)22-21(23(28)25-20-8-5-13-24-14-20)16-27(26-22)15-18-6-3-2-4-7-18/h2-4,6-7,9-12,16,20,24H,5,8,13-15H2,1H3,(H,25,28). The van der Waals surface area contributed by atoms with E-state index in [1.165, 1.54) is 5.56 Å². The van der Waals surface area contributed by atoms with E-state index >= 15 is 0 Å². The first-order valence-corrected chi connectivity index (χ1v) is 9.89. The number of aromatic nitrogens is 2. The first-order chi connectivity index (χ1) is 13.7. The maximum absolute atomic E-state index is 13.0. The molecule has 28 heavy (non-hydrogen) atoms. The molecule has 0 bridgehead atoms. The second-order valence-corrected chi connectivity index (χ2v) is 7.46. The number of nitrogens with one attached hydrogen (secondary N) is 2. The van der Waals surface area contributed by atoms with Gasteiger partial charge in [-0.25, -0.2) is 0 Å². The number of benzene rings is 2. The van der Waals surface area contributed by atoms with Gasteiger partial charge >= 0.3 is 0 Å². The summed E-state index contributed by atoms with van der Waals surface area (Å²) in [6.07, 6.45) is 3.97. The van der Waals surface area contributed by atoms with Gasteiger partial charge < -0.3 is 10.6 Å². The van der Waals surface area contributed by atoms with Crippen LogP contribution in [0.4, 0.5) is 0 Å². The van der Waals surface area contributed by atoms with E-state index in [-0.39, 0.29) is 11.9 Å². The smallest absolute Gasteiger partial charge is 0.255 e. The number of aryl methyl sites for hydroxylation is 1. The molecule has 2 aromatic carbocycles. The lowest BCUT2D eigenvalue weighted by molar-refractivity contribution is 0.0931. The minimum atomic E-state index is -0.0522. The summed E-state index contributed by atoms with van der Waals surface area (Å²) in [7, 11) is 0. The van der Waals surface area contributed by atoms with Crippen molar-refractivity contribution in [3.63, 3.8) is 0 Å². The predicted octanol–water partition coefficient (Wildman–Crippen LogP) is 3.39. The van der Waals surface area contributed by atoms with Crippen molar-refractivity contribution in [2.45, 2.75) is 32.4 Å². The number of carbonyl (C=O) groups excluding carboxylic acids is 1. The highest BCUT2D eigenvalue weighted by Gasteiger charge is 2.22. The molecule has 5 nitrogen and oxygen atoms in total. The van der Waals surface area contributed by atoms with Crippen molar-refractivity contribution in [2.24, 2.45) is 0 Å². The summed E-state index contributed by atoms with van der Waals surface area (Å²) in [6, 6.07) is 18.5. The van der Waals surface area contributed by atoms with Crippen molar-refractivity contribution in [3.8, 4) is 11.3 Å². The fourth-order valence-electron chi connectivity index (χ4n) is 3.60. The highest BCUT2D eigenvalue weighted by molar-refractivity contribution is 6.00. The zero-order valence-electron chi connectivity index (χ0n) is 16.2. The molecule has 2 heterocycles. The molecular weight excluding hydrogens is 348 g/mol. The Labute approximate surface area is 165 Å². The van der Waals surface area contributed by atoms with Crippen LogP contribution in [0.15, 0.2) is 60.8 Å². The van der Waals surface area contributed by atoms with Crippen molar-refractivity contribution in [1.82, 2.24) is 20.4 Å². The van der Waals surface area contributed by atoms with Crippen LogP contribution in [-0.4, -0.2) is 34.8 Å². The maximum Gasteiger partial charge on any atom is 0.255 e. The largest absolute Gasteiger partial charge is 0.348 e. The van der Waals surface area contributed by atoms with Crippen LogP contribution < -0.4 is 10.6 Å². The Bertz CT molecular complexity index is 925. The molecule has 5 heteroatoms. The number of hydrogen-bond donors (Lipinski definition) is 2. The first kappa shape index (κ1) is 18.4. The van der Waals surface area contributed by atoms with E-state index < -0.39 is 0 Å². The molecular formula is C23H26N4O. The number of amides is 1. The van der Waals surface area contributed by atoms with E-state index in [0.717, 1.165) is 42.8 Å². The summed E-state index contributed by atoms with van der Waals surface area (Å²) >= 11 is 0. The van der Waals surface area contributed by atoms with Gasteiger partial charge in [-0.3, -0.25) is 9.48 Å². The molecule has 144 valence electrons. The Morgan fingerprint density at radius 3 is 2.68 bits per heavy atom. The molecule has 1 unspecified atom stereocenters. The maximum atomic E-state index is 13.0. The first-order valence-electron chi connectivity index (χ1n) is 9.89. The SMILES string of the molecule is Cc1ccc(-c2nn(Cc3ccccc3)cc2C(=O)NC2CCCNC2)cc1. The summed E-state index contributed by atoms with van der Waals surface area (Å²) in [5.74, 6) is -0.0522. The van der Waals surface area contributed by atoms with Crippen LogP contribution >= 0.6 is 0 Å². The van der Waals surface area contributed by atoms with Gasteiger partial charge in [-0.2, -0.15) is 5.10 Å². The molecule has 2 N–H and O–H groups in total. The second-order valence-electron chi connectivity index (χ2n) is 7.46. The Balaban J connectivity index is 1.63. The fourth-order valence-corrected chi connectivity index (χ4v) is 3.60. The van der Waals surface area contributed by atoms with Gasteiger partial charge in [0.25, 0.3) is 5.91 Å². The molecule has 1 fully saturated rings. The number of hydrogen-bond acceptors (Lipinski definition) is 3. The van der Waals surface area contributed by atoms with E-state index in [4.69, 9.17) is 5.10 Å². The molecule has 1 amide bonds. The molecule has 1 aliphatic heterocycles. The van der Waals surface area contributed by atoms with Crippen LogP contribution in [0.2, 0.25) is 0 Å². The topological polar surface area (TPSA) is 59.0 Å². The zero-order chi connectivity index (χ0) is 19.3. The lowest BCUT2D eigenvalue weighted by atomic mass is 10.0. The van der Waals surface area contributed by atoms with Crippen LogP contribution in [0.1, 0.15) is 34.3 Å². The third-order valence-corrected chi connectivity index (χ3v) is 5.15. The molecule has 0 saturated carbocycles. The van der Waals surface area contributed by atoms with Gasteiger partial charge in [-0.15, -0.1) is 0 Å². The third-order valence-electron chi connectivity index (χ3n) is 5.15. The van der Waals surface area contributed by atoms with Gasteiger partial charge in [-0.05, 0) is 31.9 Å². The Morgan fingerprint density at radius 1 is 1.18 bits per heavy atom. The van der Waals surface area contributed by atoms with Crippen molar-refractivity contribution in [1.29, 1.82) is 0 Å². The lowest BCUT2D eigenvalue weighted by Crippen LogP contribution is -2.45. The predicted molar refractivity (Wildman–Crippen MR) is 111 cm³/mol. The number of nitrogens with zero attached hydrogens (tertiary/aromatic N) is 2.